The van der Waals surface area contributed by atoms with Crippen LogP contribution in [-0.2, 0) is 4.79 Å². The molecule has 1 saturated heterocycles. The van der Waals surface area contributed by atoms with Crippen molar-refractivity contribution in [2.45, 2.75) is 24.5 Å². The number of hydrogen-bond donors (Lipinski definition) is 2. The van der Waals surface area contributed by atoms with Crippen molar-refractivity contribution in [3.63, 3.8) is 0 Å². The zero-order valence-electron chi connectivity index (χ0n) is 10.4. The average Bonchev–Trinajstić information content (AvgIpc) is 2.40. The van der Waals surface area contributed by atoms with E-state index in [1.807, 2.05) is 0 Å². The molecule has 1 aromatic carbocycles. The number of ether oxygens (including phenoxy) is 1. The number of nitrogens with one attached hydrogen (secondary N) is 1. The van der Waals surface area contributed by atoms with Crippen molar-refractivity contribution in [2.75, 3.05) is 23.9 Å². The van der Waals surface area contributed by atoms with Crippen LogP contribution in [0.15, 0.2) is 18.2 Å². The molecule has 2 rings (SSSR count). The number of nitrogen functional groups attached to an aromatic ring is 1. The Morgan fingerprint density at radius 2 is 2.33 bits per heavy atom. The molecule has 3 N–H and O–H groups in total. The number of nitrogens with two attached hydrogens (primary N) is 1. The van der Waals surface area contributed by atoms with Crippen LogP contribution in [-0.4, -0.2) is 24.0 Å². The van der Waals surface area contributed by atoms with Crippen LogP contribution in [0.3, 0.4) is 0 Å². The third-order valence-corrected chi connectivity index (χ3v) is 4.33. The molecule has 1 heterocycles. The van der Waals surface area contributed by atoms with Crippen LogP contribution in [0.25, 0.3) is 0 Å². The van der Waals surface area contributed by atoms with Gasteiger partial charge in [-0.15, -0.1) is 11.8 Å². The van der Waals surface area contributed by atoms with Crippen molar-refractivity contribution in [3.8, 4) is 5.75 Å². The fraction of sp³-hybridized carbons (Fsp3) is 0.462. The lowest BCUT2D eigenvalue weighted by atomic mass is 10.1. The summed E-state index contributed by atoms with van der Waals surface area (Å²) < 4.78 is 5.21. The van der Waals surface area contributed by atoms with Gasteiger partial charge >= 0.3 is 0 Å². The van der Waals surface area contributed by atoms with E-state index >= 15 is 0 Å². The van der Waals surface area contributed by atoms with Crippen molar-refractivity contribution in [1.29, 1.82) is 0 Å². The molecule has 0 radical (unpaired) electrons. The first kappa shape index (κ1) is 13.1. The quantitative estimate of drug-likeness (QED) is 0.825. The van der Waals surface area contributed by atoms with Gasteiger partial charge in [-0.1, -0.05) is 6.42 Å². The Morgan fingerprint density at radius 3 is 3.00 bits per heavy atom. The Kier molecular flexibility index (Phi) is 4.36. The van der Waals surface area contributed by atoms with E-state index in [9.17, 15) is 4.79 Å². The van der Waals surface area contributed by atoms with Crippen LogP contribution in [0, 0.1) is 0 Å². The number of methoxy groups -OCH3 is 1. The van der Waals surface area contributed by atoms with E-state index in [0.29, 0.717) is 17.1 Å². The van der Waals surface area contributed by atoms with Gasteiger partial charge < -0.3 is 15.8 Å². The predicted octanol–water partition coefficient (Wildman–Crippen LogP) is 2.50. The predicted molar refractivity (Wildman–Crippen MR) is 76.1 cm³/mol. The molecule has 1 aliphatic heterocycles. The van der Waals surface area contributed by atoms with Gasteiger partial charge in [-0.05, 0) is 36.8 Å². The molecule has 1 fully saturated rings. The molecular weight excluding hydrogens is 248 g/mol. The van der Waals surface area contributed by atoms with Crippen molar-refractivity contribution >= 4 is 29.0 Å². The van der Waals surface area contributed by atoms with E-state index in [2.05, 4.69) is 5.32 Å². The molecule has 1 aliphatic rings. The van der Waals surface area contributed by atoms with Gasteiger partial charge in [-0.2, -0.15) is 0 Å². The van der Waals surface area contributed by atoms with Gasteiger partial charge in [-0.3, -0.25) is 4.79 Å². The molecule has 1 atom stereocenters. The zero-order valence-corrected chi connectivity index (χ0v) is 11.3. The maximum absolute atomic E-state index is 12.1. The second-order valence-corrected chi connectivity index (χ2v) is 5.61. The number of anilines is 2. The van der Waals surface area contributed by atoms with Gasteiger partial charge in [0.05, 0.1) is 18.0 Å². The Bertz CT molecular complexity index is 431. The normalized spacial score (nSPS) is 19.3. The van der Waals surface area contributed by atoms with Gasteiger partial charge in [0.25, 0.3) is 0 Å². The summed E-state index contributed by atoms with van der Waals surface area (Å²) in [5, 5.41) is 2.95. The fourth-order valence-corrected chi connectivity index (χ4v) is 3.18. The van der Waals surface area contributed by atoms with E-state index < -0.39 is 0 Å². The van der Waals surface area contributed by atoms with Crippen molar-refractivity contribution in [1.82, 2.24) is 0 Å². The van der Waals surface area contributed by atoms with Crippen molar-refractivity contribution in [2.24, 2.45) is 0 Å². The summed E-state index contributed by atoms with van der Waals surface area (Å²) in [4.78, 5) is 12.1. The monoisotopic (exact) mass is 266 g/mol. The molecule has 1 aromatic rings. The van der Waals surface area contributed by atoms with Crippen molar-refractivity contribution < 1.29 is 9.53 Å². The molecule has 5 heteroatoms. The Labute approximate surface area is 111 Å². The molecule has 0 spiro atoms. The van der Waals surface area contributed by atoms with Gasteiger partial charge in [0.1, 0.15) is 5.75 Å². The first-order valence-corrected chi connectivity index (χ1v) is 7.11. The Balaban J connectivity index is 2.07. The second kappa shape index (κ2) is 6.00. The van der Waals surface area contributed by atoms with Crippen LogP contribution in [0.5, 0.6) is 5.75 Å². The minimum Gasteiger partial charge on any atom is -0.495 e. The van der Waals surface area contributed by atoms with Gasteiger partial charge in [0, 0.05) is 5.69 Å². The summed E-state index contributed by atoms with van der Waals surface area (Å²) in [6.45, 7) is 0. The minimum atomic E-state index is 0.0450. The minimum absolute atomic E-state index is 0.0450. The molecule has 18 heavy (non-hydrogen) atoms. The lowest BCUT2D eigenvalue weighted by Gasteiger charge is -2.21. The first-order chi connectivity index (χ1) is 8.70. The van der Waals surface area contributed by atoms with E-state index in [1.165, 1.54) is 6.42 Å². The summed E-state index contributed by atoms with van der Waals surface area (Å²) in [6, 6.07) is 5.24. The number of rotatable bonds is 3. The highest BCUT2D eigenvalue weighted by Crippen LogP contribution is 2.30. The molecule has 1 unspecified atom stereocenters. The lowest BCUT2D eigenvalue weighted by molar-refractivity contribution is -0.115. The van der Waals surface area contributed by atoms with E-state index in [0.717, 1.165) is 18.6 Å². The van der Waals surface area contributed by atoms with Crippen LogP contribution < -0.4 is 15.8 Å². The van der Waals surface area contributed by atoms with Gasteiger partial charge in [0.2, 0.25) is 5.91 Å². The van der Waals surface area contributed by atoms with E-state index in [-0.39, 0.29) is 11.2 Å². The summed E-state index contributed by atoms with van der Waals surface area (Å²) in [6.07, 6.45) is 3.27. The molecule has 0 saturated carbocycles. The lowest BCUT2D eigenvalue weighted by Crippen LogP contribution is -2.27. The van der Waals surface area contributed by atoms with E-state index in [1.54, 1.807) is 37.1 Å². The Hall–Kier alpha value is -1.36. The topological polar surface area (TPSA) is 64.3 Å². The highest BCUT2D eigenvalue weighted by Gasteiger charge is 2.22. The van der Waals surface area contributed by atoms with E-state index in [4.69, 9.17) is 10.5 Å². The number of benzene rings is 1. The van der Waals surface area contributed by atoms with Gasteiger partial charge in [-0.25, -0.2) is 0 Å². The molecule has 0 bridgehead atoms. The second-order valence-electron chi connectivity index (χ2n) is 4.30. The molecule has 4 nitrogen and oxygen atoms in total. The molecule has 98 valence electrons. The zero-order chi connectivity index (χ0) is 13.0. The van der Waals surface area contributed by atoms with Gasteiger partial charge in [0.15, 0.2) is 0 Å². The SMILES string of the molecule is COc1ccc(N)cc1NC(=O)C1CCCCS1. The fourth-order valence-electron chi connectivity index (χ4n) is 1.98. The van der Waals surface area contributed by atoms with Crippen LogP contribution in [0.1, 0.15) is 19.3 Å². The van der Waals surface area contributed by atoms with Crippen LogP contribution >= 0.6 is 11.8 Å². The molecule has 1 amide bonds. The Morgan fingerprint density at radius 1 is 1.50 bits per heavy atom. The highest BCUT2D eigenvalue weighted by molar-refractivity contribution is 8.00. The molecule has 0 aliphatic carbocycles. The molecule has 0 aromatic heterocycles. The summed E-state index contributed by atoms with van der Waals surface area (Å²) in [7, 11) is 1.58. The number of carbonyl (C=O) groups is 1. The first-order valence-electron chi connectivity index (χ1n) is 6.06. The average molecular weight is 266 g/mol. The van der Waals surface area contributed by atoms with Crippen LogP contribution in [0.2, 0.25) is 0 Å². The number of amides is 1. The maximum atomic E-state index is 12.1. The standard InChI is InChI=1S/C13H18N2O2S/c1-17-11-6-5-9(14)8-10(11)15-13(16)12-4-2-3-7-18-12/h5-6,8,12H,2-4,7,14H2,1H3,(H,15,16). The third kappa shape index (κ3) is 3.10. The van der Waals surface area contributed by atoms with Crippen molar-refractivity contribution in [3.05, 3.63) is 18.2 Å². The number of carbonyl (C=O) groups excluding carboxylic acids is 1. The smallest absolute Gasteiger partial charge is 0.237 e. The number of thioether (sulfide) groups is 1. The largest absolute Gasteiger partial charge is 0.495 e. The third-order valence-electron chi connectivity index (χ3n) is 2.95. The summed E-state index contributed by atoms with van der Waals surface area (Å²) in [5.74, 6) is 1.74. The number of hydrogen-bond acceptors (Lipinski definition) is 4. The summed E-state index contributed by atoms with van der Waals surface area (Å²) >= 11 is 1.72. The highest BCUT2D eigenvalue weighted by atomic mass is 32.2. The molecular formula is C13H18N2O2S. The summed E-state index contributed by atoms with van der Waals surface area (Å²) in [5.41, 5.74) is 6.98. The maximum Gasteiger partial charge on any atom is 0.237 e. The van der Waals surface area contributed by atoms with Crippen LogP contribution in [0.4, 0.5) is 11.4 Å².